The van der Waals surface area contributed by atoms with E-state index >= 15 is 0 Å². The number of carbonyl (C=O) groups is 1. The van der Waals surface area contributed by atoms with Crippen molar-refractivity contribution in [1.29, 1.82) is 0 Å². The summed E-state index contributed by atoms with van der Waals surface area (Å²) in [5.41, 5.74) is 5.27. The van der Waals surface area contributed by atoms with Gasteiger partial charge in [0.15, 0.2) is 5.13 Å². The Bertz CT molecular complexity index is 930. The summed E-state index contributed by atoms with van der Waals surface area (Å²) in [6, 6.07) is 13.9. The van der Waals surface area contributed by atoms with Gasteiger partial charge in [0.05, 0.1) is 19.2 Å². The van der Waals surface area contributed by atoms with Crippen LogP contribution in [0.15, 0.2) is 42.5 Å². The minimum atomic E-state index is -0.0491. The SMILES string of the molecule is COc1ccc(-c2nc(NC(=O)Cc3ccc(C)cc3C)sc2C)cc1. The molecule has 26 heavy (non-hydrogen) atoms. The van der Waals surface area contributed by atoms with Gasteiger partial charge in [0, 0.05) is 10.4 Å². The maximum absolute atomic E-state index is 12.4. The van der Waals surface area contributed by atoms with Crippen LogP contribution in [0.5, 0.6) is 5.75 Å². The zero-order valence-electron chi connectivity index (χ0n) is 15.4. The molecule has 0 atom stereocenters. The van der Waals surface area contributed by atoms with Gasteiger partial charge in [-0.25, -0.2) is 4.98 Å². The van der Waals surface area contributed by atoms with E-state index in [0.717, 1.165) is 33.0 Å². The second kappa shape index (κ2) is 7.70. The van der Waals surface area contributed by atoms with E-state index in [1.807, 2.05) is 50.2 Å². The molecule has 0 radical (unpaired) electrons. The molecule has 1 amide bonds. The quantitative estimate of drug-likeness (QED) is 0.697. The van der Waals surface area contributed by atoms with Crippen molar-refractivity contribution in [3.63, 3.8) is 0 Å². The van der Waals surface area contributed by atoms with Gasteiger partial charge in [-0.05, 0) is 56.2 Å². The highest BCUT2D eigenvalue weighted by molar-refractivity contribution is 7.16. The van der Waals surface area contributed by atoms with Crippen LogP contribution in [0.2, 0.25) is 0 Å². The zero-order valence-corrected chi connectivity index (χ0v) is 16.2. The Morgan fingerprint density at radius 2 is 1.85 bits per heavy atom. The van der Waals surface area contributed by atoms with Crippen molar-refractivity contribution in [3.05, 3.63) is 64.0 Å². The van der Waals surface area contributed by atoms with Crippen LogP contribution in [-0.4, -0.2) is 18.0 Å². The lowest BCUT2D eigenvalue weighted by atomic mass is 10.0. The number of hydrogen-bond donors (Lipinski definition) is 1. The third-order valence-corrected chi connectivity index (χ3v) is 5.14. The highest BCUT2D eigenvalue weighted by Gasteiger charge is 2.13. The first-order chi connectivity index (χ1) is 12.5. The van der Waals surface area contributed by atoms with E-state index in [4.69, 9.17) is 4.74 Å². The topological polar surface area (TPSA) is 51.2 Å². The molecule has 0 bridgehead atoms. The molecular formula is C21H22N2O2S. The summed E-state index contributed by atoms with van der Waals surface area (Å²) in [4.78, 5) is 18.1. The van der Waals surface area contributed by atoms with E-state index in [9.17, 15) is 4.79 Å². The number of nitrogens with one attached hydrogen (secondary N) is 1. The molecule has 0 unspecified atom stereocenters. The fraction of sp³-hybridized carbons (Fsp3) is 0.238. The average molecular weight is 366 g/mol. The summed E-state index contributed by atoms with van der Waals surface area (Å²) in [5.74, 6) is 0.760. The normalized spacial score (nSPS) is 10.6. The molecule has 1 aromatic heterocycles. The Hall–Kier alpha value is -2.66. The molecule has 0 spiro atoms. The van der Waals surface area contributed by atoms with Crippen molar-refractivity contribution < 1.29 is 9.53 Å². The monoisotopic (exact) mass is 366 g/mol. The Balaban J connectivity index is 1.73. The number of ether oxygens (including phenoxy) is 1. The van der Waals surface area contributed by atoms with Gasteiger partial charge in [0.25, 0.3) is 0 Å². The van der Waals surface area contributed by atoms with Crippen molar-refractivity contribution >= 4 is 22.4 Å². The van der Waals surface area contributed by atoms with Gasteiger partial charge in [-0.15, -0.1) is 11.3 Å². The number of hydrogen-bond acceptors (Lipinski definition) is 4. The van der Waals surface area contributed by atoms with E-state index in [1.54, 1.807) is 7.11 Å². The first-order valence-electron chi connectivity index (χ1n) is 8.44. The van der Waals surface area contributed by atoms with Crippen molar-refractivity contribution in [2.75, 3.05) is 12.4 Å². The number of aromatic nitrogens is 1. The van der Waals surface area contributed by atoms with Gasteiger partial charge in [-0.2, -0.15) is 0 Å². The zero-order chi connectivity index (χ0) is 18.7. The molecule has 1 heterocycles. The minimum absolute atomic E-state index is 0.0491. The molecule has 0 saturated carbocycles. The maximum Gasteiger partial charge on any atom is 0.230 e. The number of carbonyl (C=O) groups excluding carboxylic acids is 1. The van der Waals surface area contributed by atoms with Gasteiger partial charge in [0.2, 0.25) is 5.91 Å². The van der Waals surface area contributed by atoms with Crippen LogP contribution in [0.1, 0.15) is 21.6 Å². The van der Waals surface area contributed by atoms with E-state index in [0.29, 0.717) is 11.6 Å². The van der Waals surface area contributed by atoms with Crippen LogP contribution < -0.4 is 10.1 Å². The molecule has 0 aliphatic carbocycles. The number of amides is 1. The highest BCUT2D eigenvalue weighted by Crippen LogP contribution is 2.31. The molecule has 134 valence electrons. The van der Waals surface area contributed by atoms with E-state index in [2.05, 4.69) is 23.3 Å². The molecule has 0 aliphatic rings. The first kappa shape index (κ1) is 18.1. The van der Waals surface area contributed by atoms with Crippen molar-refractivity contribution in [2.24, 2.45) is 0 Å². The molecule has 0 aliphatic heterocycles. The molecule has 1 N–H and O–H groups in total. The third kappa shape index (κ3) is 4.11. The predicted octanol–water partition coefficient (Wildman–Crippen LogP) is 4.93. The van der Waals surface area contributed by atoms with E-state index in [-0.39, 0.29) is 5.91 Å². The highest BCUT2D eigenvalue weighted by atomic mass is 32.1. The molecule has 2 aromatic carbocycles. The Morgan fingerprint density at radius 1 is 1.12 bits per heavy atom. The van der Waals surface area contributed by atoms with Crippen molar-refractivity contribution in [1.82, 2.24) is 4.98 Å². The maximum atomic E-state index is 12.4. The number of aryl methyl sites for hydroxylation is 3. The lowest BCUT2D eigenvalue weighted by Gasteiger charge is -2.06. The van der Waals surface area contributed by atoms with Gasteiger partial charge in [-0.3, -0.25) is 4.79 Å². The molecule has 4 nitrogen and oxygen atoms in total. The largest absolute Gasteiger partial charge is 0.497 e. The number of rotatable bonds is 5. The molecule has 3 aromatic rings. The lowest BCUT2D eigenvalue weighted by molar-refractivity contribution is -0.115. The first-order valence-corrected chi connectivity index (χ1v) is 9.25. The molecular weight excluding hydrogens is 344 g/mol. The number of nitrogens with zero attached hydrogens (tertiary/aromatic N) is 1. The smallest absolute Gasteiger partial charge is 0.230 e. The van der Waals surface area contributed by atoms with Crippen molar-refractivity contribution in [3.8, 4) is 17.0 Å². The number of benzene rings is 2. The fourth-order valence-electron chi connectivity index (χ4n) is 2.85. The van der Waals surface area contributed by atoms with Gasteiger partial charge >= 0.3 is 0 Å². The van der Waals surface area contributed by atoms with Crippen LogP contribution >= 0.6 is 11.3 Å². The summed E-state index contributed by atoms with van der Waals surface area (Å²) in [6.45, 7) is 6.10. The summed E-state index contributed by atoms with van der Waals surface area (Å²) in [7, 11) is 1.65. The molecule has 0 fully saturated rings. The van der Waals surface area contributed by atoms with E-state index in [1.165, 1.54) is 16.9 Å². The fourth-order valence-corrected chi connectivity index (χ4v) is 3.70. The van der Waals surface area contributed by atoms with E-state index < -0.39 is 0 Å². The van der Waals surface area contributed by atoms with Gasteiger partial charge in [0.1, 0.15) is 5.75 Å². The summed E-state index contributed by atoms with van der Waals surface area (Å²) in [6.07, 6.45) is 0.350. The van der Waals surface area contributed by atoms with Gasteiger partial charge < -0.3 is 10.1 Å². The third-order valence-electron chi connectivity index (χ3n) is 4.26. The van der Waals surface area contributed by atoms with Crippen molar-refractivity contribution in [2.45, 2.75) is 27.2 Å². The van der Waals surface area contributed by atoms with Crippen LogP contribution in [0.4, 0.5) is 5.13 Å². The summed E-state index contributed by atoms with van der Waals surface area (Å²) >= 11 is 1.49. The number of anilines is 1. The number of thiazole rings is 1. The second-order valence-corrected chi connectivity index (χ2v) is 7.51. The van der Waals surface area contributed by atoms with Crippen LogP contribution in [0.25, 0.3) is 11.3 Å². The molecule has 5 heteroatoms. The Labute approximate surface area is 157 Å². The Kier molecular flexibility index (Phi) is 5.38. The summed E-state index contributed by atoms with van der Waals surface area (Å²) < 4.78 is 5.19. The van der Waals surface area contributed by atoms with Gasteiger partial charge in [-0.1, -0.05) is 23.8 Å². The summed E-state index contributed by atoms with van der Waals surface area (Å²) in [5, 5.41) is 3.56. The predicted molar refractivity (Wildman–Crippen MR) is 107 cm³/mol. The number of methoxy groups -OCH3 is 1. The average Bonchev–Trinajstić information content (AvgIpc) is 2.97. The van der Waals surface area contributed by atoms with Crippen LogP contribution in [-0.2, 0) is 11.2 Å². The lowest BCUT2D eigenvalue weighted by Crippen LogP contribution is -2.14. The molecule has 3 rings (SSSR count). The Morgan fingerprint density at radius 3 is 2.50 bits per heavy atom. The van der Waals surface area contributed by atoms with Crippen LogP contribution in [0, 0.1) is 20.8 Å². The second-order valence-electron chi connectivity index (χ2n) is 6.31. The minimum Gasteiger partial charge on any atom is -0.497 e. The standard InChI is InChI=1S/C21H22N2O2S/c1-13-5-6-17(14(2)11-13)12-19(24)22-21-23-20(15(3)26-21)16-7-9-18(25-4)10-8-16/h5-11H,12H2,1-4H3,(H,22,23,24). The molecule has 0 saturated heterocycles. The van der Waals surface area contributed by atoms with Crippen LogP contribution in [0.3, 0.4) is 0 Å².